The molecule has 11 nitrogen and oxygen atoms in total. The zero-order valence-corrected chi connectivity index (χ0v) is 26.7. The number of carbonyl (C=O) groups excluding carboxylic acids is 1. The number of nitro groups is 1. The summed E-state index contributed by atoms with van der Waals surface area (Å²) in [6, 6.07) is 20.7. The Kier molecular flexibility index (Phi) is 10.8. The lowest BCUT2D eigenvalue weighted by Crippen LogP contribution is -2.39. The molecule has 0 saturated heterocycles. The first kappa shape index (κ1) is 32.7. The molecule has 0 aromatic heterocycles. The number of hydrogen-bond donors (Lipinski definition) is 1. The highest BCUT2D eigenvalue weighted by atomic mass is 79.9. The van der Waals surface area contributed by atoms with Crippen molar-refractivity contribution >= 4 is 72.7 Å². The number of non-ortho nitro benzene ring substituents is 1. The van der Waals surface area contributed by atoms with Crippen LogP contribution in [-0.2, 0) is 21.4 Å². The van der Waals surface area contributed by atoms with E-state index in [1.165, 1.54) is 37.6 Å². The highest BCUT2D eigenvalue weighted by molar-refractivity contribution is 9.10. The van der Waals surface area contributed by atoms with Crippen molar-refractivity contribution in [2.75, 3.05) is 18.0 Å². The minimum absolute atomic E-state index is 0.0581. The number of hydrogen-bond acceptors (Lipinski definition) is 8. The molecule has 0 atom stereocenters. The van der Waals surface area contributed by atoms with Crippen LogP contribution in [0, 0.1) is 10.1 Å². The molecule has 15 heteroatoms. The Balaban J connectivity index is 1.49. The van der Waals surface area contributed by atoms with Crippen LogP contribution >= 0.6 is 39.1 Å². The second kappa shape index (κ2) is 14.5. The van der Waals surface area contributed by atoms with Gasteiger partial charge in [0, 0.05) is 27.7 Å². The average molecular weight is 722 g/mol. The standard InChI is InChI=1S/C29H23BrCl2N4O7S/c1-42-27-14-19(13-25(30)29(27)43-18-20-7-8-21(31)15-26(20)32)16-33-34-28(37)17-35(22-9-11-23(12-10-22)36(38)39)44(40,41)24-5-3-2-4-6-24/h2-16H,17-18H2,1H3,(H,34,37)/b33-16-. The Hall–Kier alpha value is -4.17. The number of methoxy groups -OCH3 is 1. The van der Waals surface area contributed by atoms with Gasteiger partial charge in [0.05, 0.1) is 33.3 Å². The fourth-order valence-corrected chi connectivity index (χ4v) is 6.34. The summed E-state index contributed by atoms with van der Waals surface area (Å²) in [7, 11) is -2.75. The van der Waals surface area contributed by atoms with Gasteiger partial charge in [-0.2, -0.15) is 5.10 Å². The molecule has 0 spiro atoms. The Labute approximate surface area is 271 Å². The van der Waals surface area contributed by atoms with E-state index in [0.717, 1.165) is 22.0 Å². The number of hydrazone groups is 1. The second-order valence-corrected chi connectivity index (χ2v) is 12.5. The Morgan fingerprint density at radius 1 is 1.07 bits per heavy atom. The lowest BCUT2D eigenvalue weighted by Gasteiger charge is -2.23. The molecule has 0 aliphatic rings. The third-order valence-corrected chi connectivity index (χ3v) is 8.97. The third kappa shape index (κ3) is 8.05. The normalized spacial score (nSPS) is 11.3. The van der Waals surface area contributed by atoms with Gasteiger partial charge in [-0.1, -0.05) is 47.5 Å². The van der Waals surface area contributed by atoms with Crippen LogP contribution in [0.4, 0.5) is 11.4 Å². The van der Waals surface area contributed by atoms with Gasteiger partial charge >= 0.3 is 0 Å². The largest absolute Gasteiger partial charge is 0.493 e. The van der Waals surface area contributed by atoms with Crippen LogP contribution in [0.3, 0.4) is 0 Å². The predicted octanol–water partition coefficient (Wildman–Crippen LogP) is 6.60. The molecule has 1 amide bonds. The monoisotopic (exact) mass is 720 g/mol. The third-order valence-electron chi connectivity index (χ3n) is 6.01. The Morgan fingerprint density at radius 3 is 2.41 bits per heavy atom. The highest BCUT2D eigenvalue weighted by Gasteiger charge is 2.27. The zero-order chi connectivity index (χ0) is 31.9. The van der Waals surface area contributed by atoms with Crippen LogP contribution in [0.15, 0.2) is 99.4 Å². The van der Waals surface area contributed by atoms with E-state index in [1.807, 2.05) is 0 Å². The van der Waals surface area contributed by atoms with E-state index in [-0.39, 0.29) is 22.9 Å². The van der Waals surface area contributed by atoms with Gasteiger partial charge in [-0.25, -0.2) is 13.8 Å². The number of nitrogens with zero attached hydrogens (tertiary/aromatic N) is 3. The highest BCUT2D eigenvalue weighted by Crippen LogP contribution is 2.37. The summed E-state index contributed by atoms with van der Waals surface area (Å²) in [6.45, 7) is -0.509. The maximum absolute atomic E-state index is 13.4. The zero-order valence-electron chi connectivity index (χ0n) is 22.8. The molecule has 0 fully saturated rings. The molecule has 0 aliphatic carbocycles. The smallest absolute Gasteiger partial charge is 0.269 e. The molecule has 44 heavy (non-hydrogen) atoms. The molecule has 4 rings (SSSR count). The van der Waals surface area contributed by atoms with Crippen LogP contribution in [0.25, 0.3) is 0 Å². The molecule has 0 heterocycles. The molecular weight excluding hydrogens is 699 g/mol. The number of amides is 1. The molecule has 0 radical (unpaired) electrons. The molecule has 0 saturated carbocycles. The van der Waals surface area contributed by atoms with Crippen molar-refractivity contribution in [1.29, 1.82) is 0 Å². The van der Waals surface area contributed by atoms with E-state index in [1.54, 1.807) is 48.5 Å². The predicted molar refractivity (Wildman–Crippen MR) is 171 cm³/mol. The van der Waals surface area contributed by atoms with Crippen LogP contribution in [-0.4, -0.2) is 39.1 Å². The lowest BCUT2D eigenvalue weighted by atomic mass is 10.2. The summed E-state index contributed by atoms with van der Waals surface area (Å²) < 4.78 is 39.6. The first-order valence-corrected chi connectivity index (χ1v) is 15.6. The average Bonchev–Trinajstić information content (AvgIpc) is 3.00. The van der Waals surface area contributed by atoms with Crippen molar-refractivity contribution in [2.24, 2.45) is 5.10 Å². The van der Waals surface area contributed by atoms with E-state index in [4.69, 9.17) is 32.7 Å². The molecule has 228 valence electrons. The van der Waals surface area contributed by atoms with Crippen LogP contribution in [0.1, 0.15) is 11.1 Å². The number of anilines is 1. The number of benzene rings is 4. The summed E-state index contributed by atoms with van der Waals surface area (Å²) in [5.41, 5.74) is 3.39. The number of rotatable bonds is 12. The number of carbonyl (C=O) groups is 1. The van der Waals surface area contributed by atoms with Crippen molar-refractivity contribution in [3.8, 4) is 11.5 Å². The van der Waals surface area contributed by atoms with Crippen molar-refractivity contribution in [1.82, 2.24) is 5.43 Å². The van der Waals surface area contributed by atoms with Gasteiger partial charge in [0.2, 0.25) is 0 Å². The van der Waals surface area contributed by atoms with Gasteiger partial charge in [-0.05, 0) is 70.0 Å². The topological polar surface area (TPSA) is 140 Å². The number of nitrogens with one attached hydrogen (secondary N) is 1. The second-order valence-electron chi connectivity index (χ2n) is 8.95. The van der Waals surface area contributed by atoms with Gasteiger partial charge < -0.3 is 9.47 Å². The van der Waals surface area contributed by atoms with E-state index >= 15 is 0 Å². The Bertz CT molecular complexity index is 1810. The van der Waals surface area contributed by atoms with Crippen LogP contribution in [0.2, 0.25) is 10.0 Å². The fraction of sp³-hybridized carbons (Fsp3) is 0.103. The number of nitro benzene ring substituents is 1. The Morgan fingerprint density at radius 2 is 1.77 bits per heavy atom. The van der Waals surface area contributed by atoms with E-state index < -0.39 is 27.4 Å². The van der Waals surface area contributed by atoms with Crippen molar-refractivity contribution in [2.45, 2.75) is 11.5 Å². The molecule has 0 bridgehead atoms. The molecular formula is C29H23BrCl2N4O7S. The van der Waals surface area contributed by atoms with E-state index in [2.05, 4.69) is 26.5 Å². The first-order chi connectivity index (χ1) is 21.0. The molecule has 0 unspecified atom stereocenters. The van der Waals surface area contributed by atoms with Crippen LogP contribution < -0.4 is 19.2 Å². The maximum Gasteiger partial charge on any atom is 0.269 e. The fourth-order valence-electron chi connectivity index (χ4n) is 3.86. The van der Waals surface area contributed by atoms with Gasteiger partial charge in [0.25, 0.3) is 21.6 Å². The first-order valence-electron chi connectivity index (χ1n) is 12.6. The van der Waals surface area contributed by atoms with Gasteiger partial charge in [-0.3, -0.25) is 19.2 Å². The lowest BCUT2D eigenvalue weighted by molar-refractivity contribution is -0.384. The number of sulfonamides is 1. The molecule has 0 aliphatic heterocycles. The molecule has 4 aromatic carbocycles. The summed E-state index contributed by atoms with van der Waals surface area (Å²) in [5, 5.41) is 16.0. The summed E-state index contributed by atoms with van der Waals surface area (Å²) >= 11 is 15.7. The van der Waals surface area contributed by atoms with E-state index in [0.29, 0.717) is 31.6 Å². The summed E-state index contributed by atoms with van der Waals surface area (Å²) in [4.78, 5) is 23.3. The SMILES string of the molecule is COc1cc(/C=N\NC(=O)CN(c2ccc([N+](=O)[O-])cc2)S(=O)(=O)c2ccccc2)cc(Br)c1OCc1ccc(Cl)cc1Cl. The number of halogens is 3. The summed E-state index contributed by atoms with van der Waals surface area (Å²) in [5.74, 6) is 0.0186. The van der Waals surface area contributed by atoms with E-state index in [9.17, 15) is 23.3 Å². The quantitative estimate of drug-likeness (QED) is 0.0988. The minimum atomic E-state index is -4.21. The van der Waals surface area contributed by atoms with Crippen molar-refractivity contribution < 1.29 is 27.6 Å². The van der Waals surface area contributed by atoms with Crippen LogP contribution in [0.5, 0.6) is 11.5 Å². The molecule has 1 N–H and O–H groups in total. The van der Waals surface area contributed by atoms with Crippen molar-refractivity contribution in [3.05, 3.63) is 121 Å². The maximum atomic E-state index is 13.4. The minimum Gasteiger partial charge on any atom is -0.493 e. The summed E-state index contributed by atoms with van der Waals surface area (Å²) in [6.07, 6.45) is 1.34. The van der Waals surface area contributed by atoms with Crippen molar-refractivity contribution in [3.63, 3.8) is 0 Å². The van der Waals surface area contributed by atoms with Gasteiger partial charge in [0.1, 0.15) is 13.2 Å². The van der Waals surface area contributed by atoms with Gasteiger partial charge in [0.15, 0.2) is 11.5 Å². The van der Waals surface area contributed by atoms with Gasteiger partial charge in [-0.15, -0.1) is 0 Å². The number of ether oxygens (including phenoxy) is 2. The molecule has 4 aromatic rings.